The molecule has 9 aromatic carbocycles. The van der Waals surface area contributed by atoms with E-state index in [1.807, 2.05) is 0 Å². The van der Waals surface area contributed by atoms with Gasteiger partial charge in [0.25, 0.3) is 0 Å². The van der Waals surface area contributed by atoms with Crippen LogP contribution >= 0.6 is 0 Å². The zero-order chi connectivity index (χ0) is 33.0. The minimum absolute atomic E-state index is 0.896. The van der Waals surface area contributed by atoms with Crippen molar-refractivity contribution >= 4 is 71.3 Å². The highest BCUT2D eigenvalue weighted by atomic mass is 16.3. The fraction of sp³-hybridized carbons (Fsp3) is 0. The predicted molar refractivity (Wildman–Crippen MR) is 212 cm³/mol. The summed E-state index contributed by atoms with van der Waals surface area (Å²) in [6.07, 6.45) is 0. The first kappa shape index (κ1) is 28.4. The predicted octanol–water partition coefficient (Wildman–Crippen LogP) is 13.8. The van der Waals surface area contributed by atoms with E-state index in [1.54, 1.807) is 0 Å². The molecular formula is C48H31NO. The van der Waals surface area contributed by atoms with Crippen LogP contribution in [-0.2, 0) is 0 Å². The molecule has 0 N–H and O–H groups in total. The van der Waals surface area contributed by atoms with Crippen molar-refractivity contribution in [1.29, 1.82) is 0 Å². The lowest BCUT2D eigenvalue weighted by Gasteiger charge is -2.29. The molecule has 0 unspecified atom stereocenters. The molecule has 2 nitrogen and oxygen atoms in total. The van der Waals surface area contributed by atoms with Crippen molar-refractivity contribution in [2.45, 2.75) is 0 Å². The monoisotopic (exact) mass is 637 g/mol. The van der Waals surface area contributed by atoms with Crippen LogP contribution in [0.1, 0.15) is 0 Å². The third-order valence-corrected chi connectivity index (χ3v) is 10.0. The lowest BCUT2D eigenvalue weighted by Crippen LogP contribution is -2.12. The van der Waals surface area contributed by atoms with Gasteiger partial charge in [0.05, 0.1) is 11.4 Å². The Morgan fingerprint density at radius 1 is 0.340 bits per heavy atom. The van der Waals surface area contributed by atoms with Gasteiger partial charge in [0, 0.05) is 33.0 Å². The van der Waals surface area contributed by atoms with Gasteiger partial charge in [-0.05, 0) is 74.5 Å². The molecule has 234 valence electrons. The Labute approximate surface area is 290 Å². The SMILES string of the molecule is c1ccc(-c2ccc(N(c3ccccc3-c3cccc4c3oc3cc5ccccc5cc34)c3cc4ccccc4c4ccccc34)cc2)cc1. The van der Waals surface area contributed by atoms with Crippen molar-refractivity contribution in [3.8, 4) is 22.3 Å². The summed E-state index contributed by atoms with van der Waals surface area (Å²) in [5.41, 5.74) is 9.64. The van der Waals surface area contributed by atoms with Crippen LogP contribution in [0.4, 0.5) is 17.1 Å². The van der Waals surface area contributed by atoms with E-state index in [0.717, 1.165) is 50.1 Å². The molecule has 0 atom stereocenters. The zero-order valence-electron chi connectivity index (χ0n) is 27.3. The van der Waals surface area contributed by atoms with E-state index >= 15 is 0 Å². The first-order chi connectivity index (χ1) is 24.8. The van der Waals surface area contributed by atoms with Gasteiger partial charge in [-0.25, -0.2) is 0 Å². The quantitative estimate of drug-likeness (QED) is 0.175. The van der Waals surface area contributed by atoms with Gasteiger partial charge in [-0.3, -0.25) is 0 Å². The molecule has 0 radical (unpaired) electrons. The maximum atomic E-state index is 6.77. The molecule has 0 amide bonds. The van der Waals surface area contributed by atoms with Crippen molar-refractivity contribution in [3.63, 3.8) is 0 Å². The topological polar surface area (TPSA) is 16.4 Å². The van der Waals surface area contributed by atoms with Gasteiger partial charge in [0.15, 0.2) is 0 Å². The van der Waals surface area contributed by atoms with Crippen molar-refractivity contribution in [2.24, 2.45) is 0 Å². The maximum absolute atomic E-state index is 6.77. The van der Waals surface area contributed by atoms with Crippen LogP contribution < -0.4 is 4.90 Å². The summed E-state index contributed by atoms with van der Waals surface area (Å²) in [4.78, 5) is 2.43. The maximum Gasteiger partial charge on any atom is 0.143 e. The summed E-state index contributed by atoms with van der Waals surface area (Å²) in [7, 11) is 0. The lowest BCUT2D eigenvalue weighted by molar-refractivity contribution is 0.670. The Kier molecular flexibility index (Phi) is 6.53. The third-order valence-electron chi connectivity index (χ3n) is 10.0. The summed E-state index contributed by atoms with van der Waals surface area (Å²) in [5.74, 6) is 0. The van der Waals surface area contributed by atoms with Gasteiger partial charge in [-0.15, -0.1) is 0 Å². The molecule has 0 aliphatic carbocycles. The van der Waals surface area contributed by atoms with E-state index in [2.05, 4.69) is 193 Å². The second-order valence-corrected chi connectivity index (χ2v) is 12.9. The molecule has 0 saturated heterocycles. The number of para-hydroxylation sites is 2. The van der Waals surface area contributed by atoms with Gasteiger partial charge in [-0.2, -0.15) is 0 Å². The molecule has 1 heterocycles. The van der Waals surface area contributed by atoms with E-state index in [1.165, 1.54) is 43.4 Å². The van der Waals surface area contributed by atoms with E-state index in [-0.39, 0.29) is 0 Å². The van der Waals surface area contributed by atoms with Crippen LogP contribution in [0.5, 0.6) is 0 Å². The number of benzene rings is 9. The summed E-state index contributed by atoms with van der Waals surface area (Å²) >= 11 is 0. The molecule has 0 spiro atoms. The van der Waals surface area contributed by atoms with Crippen LogP contribution in [0.2, 0.25) is 0 Å². The largest absolute Gasteiger partial charge is 0.455 e. The van der Waals surface area contributed by atoms with Crippen LogP contribution in [0.15, 0.2) is 192 Å². The number of fused-ring (bicyclic) bond motifs is 7. The molecule has 0 fully saturated rings. The summed E-state index contributed by atoms with van der Waals surface area (Å²) in [6, 6.07) is 67.5. The molecule has 0 bridgehead atoms. The first-order valence-corrected chi connectivity index (χ1v) is 17.1. The molecule has 0 aliphatic rings. The van der Waals surface area contributed by atoms with Crippen LogP contribution in [0.3, 0.4) is 0 Å². The second kappa shape index (κ2) is 11.5. The highest BCUT2D eigenvalue weighted by Gasteiger charge is 2.22. The van der Waals surface area contributed by atoms with Gasteiger partial charge in [0.2, 0.25) is 0 Å². The normalized spacial score (nSPS) is 11.6. The number of hydrogen-bond donors (Lipinski definition) is 0. The molecule has 10 aromatic rings. The number of nitrogens with zero attached hydrogens (tertiary/aromatic N) is 1. The molecular weight excluding hydrogens is 607 g/mol. The van der Waals surface area contributed by atoms with Crippen molar-refractivity contribution in [1.82, 2.24) is 0 Å². The lowest BCUT2D eigenvalue weighted by atomic mass is 9.96. The molecule has 0 aliphatic heterocycles. The Morgan fingerprint density at radius 3 is 1.76 bits per heavy atom. The number of hydrogen-bond acceptors (Lipinski definition) is 2. The minimum Gasteiger partial charge on any atom is -0.455 e. The Morgan fingerprint density at radius 2 is 0.940 bits per heavy atom. The van der Waals surface area contributed by atoms with Gasteiger partial charge < -0.3 is 9.32 Å². The zero-order valence-corrected chi connectivity index (χ0v) is 27.3. The molecule has 0 saturated carbocycles. The Hall–Kier alpha value is -6.64. The molecule has 2 heteroatoms. The average Bonchev–Trinajstić information content (AvgIpc) is 3.55. The second-order valence-electron chi connectivity index (χ2n) is 12.9. The summed E-state index contributed by atoms with van der Waals surface area (Å²) in [6.45, 7) is 0. The van der Waals surface area contributed by atoms with Gasteiger partial charge >= 0.3 is 0 Å². The molecule has 50 heavy (non-hydrogen) atoms. The van der Waals surface area contributed by atoms with Crippen molar-refractivity contribution in [2.75, 3.05) is 4.90 Å². The van der Waals surface area contributed by atoms with Gasteiger partial charge in [0.1, 0.15) is 11.2 Å². The average molecular weight is 638 g/mol. The Balaban J connectivity index is 1.24. The summed E-state index contributed by atoms with van der Waals surface area (Å²) in [5, 5.41) is 9.52. The fourth-order valence-electron chi connectivity index (χ4n) is 7.65. The summed E-state index contributed by atoms with van der Waals surface area (Å²) < 4.78 is 6.77. The number of anilines is 3. The fourth-order valence-corrected chi connectivity index (χ4v) is 7.65. The van der Waals surface area contributed by atoms with E-state index in [0.29, 0.717) is 0 Å². The van der Waals surface area contributed by atoms with E-state index in [9.17, 15) is 0 Å². The van der Waals surface area contributed by atoms with Crippen LogP contribution in [0.25, 0.3) is 76.5 Å². The van der Waals surface area contributed by atoms with Crippen LogP contribution in [0, 0.1) is 0 Å². The standard InChI is InChI=1S/C48H31NO/c1-2-13-32(14-3-1)33-25-27-37(28-26-33)49(46-30-36-17-6-7-18-38(36)39-19-8-9-20-40(39)46)45-24-11-10-21-41(45)42-22-12-23-43-44-29-34-15-4-5-16-35(34)31-47(44)50-48(42)43/h1-31H. The van der Waals surface area contributed by atoms with Crippen molar-refractivity contribution < 1.29 is 4.42 Å². The smallest absolute Gasteiger partial charge is 0.143 e. The number of rotatable bonds is 5. The third kappa shape index (κ3) is 4.57. The Bertz CT molecular complexity index is 2870. The first-order valence-electron chi connectivity index (χ1n) is 17.1. The highest BCUT2D eigenvalue weighted by molar-refractivity contribution is 6.16. The van der Waals surface area contributed by atoms with Gasteiger partial charge in [-0.1, -0.05) is 152 Å². The molecule has 1 aromatic heterocycles. The number of furan rings is 1. The minimum atomic E-state index is 0.896. The highest BCUT2D eigenvalue weighted by Crippen LogP contribution is 2.47. The van der Waals surface area contributed by atoms with E-state index in [4.69, 9.17) is 4.42 Å². The van der Waals surface area contributed by atoms with Crippen molar-refractivity contribution in [3.05, 3.63) is 188 Å². The van der Waals surface area contributed by atoms with E-state index < -0.39 is 0 Å². The van der Waals surface area contributed by atoms with Crippen LogP contribution in [-0.4, -0.2) is 0 Å². The molecule has 10 rings (SSSR count).